The Morgan fingerprint density at radius 3 is 2.50 bits per heavy atom. The van der Waals surface area contributed by atoms with Crippen LogP contribution in [0.3, 0.4) is 0 Å². The van der Waals surface area contributed by atoms with Crippen LogP contribution in [-0.2, 0) is 0 Å². The van der Waals surface area contributed by atoms with Gasteiger partial charge in [-0.15, -0.1) is 0 Å². The molecule has 0 aliphatic carbocycles. The van der Waals surface area contributed by atoms with Gasteiger partial charge in [-0.05, 0) is 17.2 Å². The Hall–Kier alpha value is -2.16. The van der Waals surface area contributed by atoms with Gasteiger partial charge >= 0.3 is 0 Å². The van der Waals surface area contributed by atoms with Crippen LogP contribution in [-0.4, -0.2) is 4.98 Å². The van der Waals surface area contributed by atoms with E-state index in [1.54, 1.807) is 0 Å². The quantitative estimate of drug-likeness (QED) is 0.834. The standard InChI is InChI=1S/C13H11FN2/c1-9(10-5-3-2-4-6-10)12-11(14)7-8-16-13(12)15/h2-8H,1H2,(H2,15,16). The van der Waals surface area contributed by atoms with E-state index in [0.29, 0.717) is 5.57 Å². The van der Waals surface area contributed by atoms with E-state index in [1.165, 1.54) is 12.3 Å². The predicted octanol–water partition coefficient (Wildman–Crippen LogP) is 2.86. The van der Waals surface area contributed by atoms with Crippen LogP contribution < -0.4 is 5.73 Å². The number of benzene rings is 1. The fourth-order valence-electron chi connectivity index (χ4n) is 1.54. The molecule has 0 saturated carbocycles. The fraction of sp³-hybridized carbons (Fsp3) is 0. The zero-order valence-electron chi connectivity index (χ0n) is 8.65. The van der Waals surface area contributed by atoms with Crippen LogP contribution in [0.25, 0.3) is 5.57 Å². The van der Waals surface area contributed by atoms with E-state index in [1.807, 2.05) is 30.3 Å². The summed E-state index contributed by atoms with van der Waals surface area (Å²) >= 11 is 0. The molecule has 0 unspecified atom stereocenters. The first kappa shape index (κ1) is 10.4. The Morgan fingerprint density at radius 1 is 1.19 bits per heavy atom. The molecule has 0 aliphatic rings. The summed E-state index contributed by atoms with van der Waals surface area (Å²) in [6.45, 7) is 3.86. The Balaban J connectivity index is 2.50. The monoisotopic (exact) mass is 214 g/mol. The number of nitrogens with two attached hydrogens (primary N) is 1. The number of anilines is 1. The van der Waals surface area contributed by atoms with Gasteiger partial charge in [-0.2, -0.15) is 0 Å². The van der Waals surface area contributed by atoms with Crippen molar-refractivity contribution < 1.29 is 4.39 Å². The Bertz CT molecular complexity index is 500. The molecule has 1 heterocycles. The van der Waals surface area contributed by atoms with Gasteiger partial charge in [0, 0.05) is 6.20 Å². The molecule has 0 amide bonds. The smallest absolute Gasteiger partial charge is 0.136 e. The van der Waals surface area contributed by atoms with E-state index in [9.17, 15) is 4.39 Å². The minimum Gasteiger partial charge on any atom is -0.383 e. The lowest BCUT2D eigenvalue weighted by Crippen LogP contribution is -2.00. The molecule has 2 N–H and O–H groups in total. The zero-order valence-corrected chi connectivity index (χ0v) is 8.65. The first-order valence-electron chi connectivity index (χ1n) is 4.85. The van der Waals surface area contributed by atoms with Gasteiger partial charge in [-0.3, -0.25) is 0 Å². The molecule has 0 fully saturated rings. The maximum Gasteiger partial charge on any atom is 0.136 e. The second-order valence-electron chi connectivity index (χ2n) is 3.40. The first-order chi connectivity index (χ1) is 7.70. The third kappa shape index (κ3) is 1.80. The first-order valence-corrected chi connectivity index (χ1v) is 4.85. The van der Waals surface area contributed by atoms with Gasteiger partial charge in [0.2, 0.25) is 0 Å². The molecule has 16 heavy (non-hydrogen) atoms. The third-order valence-corrected chi connectivity index (χ3v) is 2.35. The SMILES string of the molecule is C=C(c1ccccc1)c1c(F)ccnc1N. The summed E-state index contributed by atoms with van der Waals surface area (Å²) in [6, 6.07) is 10.6. The summed E-state index contributed by atoms with van der Waals surface area (Å²) in [5, 5.41) is 0. The van der Waals surface area contributed by atoms with Crippen molar-refractivity contribution in [3.05, 3.63) is 66.1 Å². The molecule has 0 bridgehead atoms. The van der Waals surface area contributed by atoms with E-state index in [4.69, 9.17) is 5.73 Å². The topological polar surface area (TPSA) is 38.9 Å². The number of halogens is 1. The lowest BCUT2D eigenvalue weighted by atomic mass is 10.00. The van der Waals surface area contributed by atoms with Crippen LogP contribution in [0.5, 0.6) is 0 Å². The van der Waals surface area contributed by atoms with Crippen molar-refractivity contribution in [1.29, 1.82) is 0 Å². The molecule has 0 spiro atoms. The summed E-state index contributed by atoms with van der Waals surface area (Å²) in [5.41, 5.74) is 7.30. The van der Waals surface area contributed by atoms with Crippen LogP contribution in [0.15, 0.2) is 49.2 Å². The number of hydrogen-bond donors (Lipinski definition) is 1. The normalized spacial score (nSPS) is 10.1. The molecule has 1 aromatic heterocycles. The molecular weight excluding hydrogens is 203 g/mol. The van der Waals surface area contributed by atoms with E-state index in [2.05, 4.69) is 11.6 Å². The number of nitrogens with zero attached hydrogens (tertiary/aromatic N) is 1. The van der Waals surface area contributed by atoms with Crippen molar-refractivity contribution in [1.82, 2.24) is 4.98 Å². The van der Waals surface area contributed by atoms with Crippen LogP contribution in [0.4, 0.5) is 10.2 Å². The van der Waals surface area contributed by atoms with Gasteiger partial charge in [-0.25, -0.2) is 9.37 Å². The lowest BCUT2D eigenvalue weighted by molar-refractivity contribution is 0.623. The summed E-state index contributed by atoms with van der Waals surface area (Å²) < 4.78 is 13.6. The number of pyridine rings is 1. The number of hydrogen-bond acceptors (Lipinski definition) is 2. The molecule has 2 nitrogen and oxygen atoms in total. The number of nitrogen functional groups attached to an aromatic ring is 1. The maximum atomic E-state index is 13.6. The summed E-state index contributed by atoms with van der Waals surface area (Å²) in [7, 11) is 0. The summed E-state index contributed by atoms with van der Waals surface area (Å²) in [5.74, 6) is -0.241. The fourth-order valence-corrected chi connectivity index (χ4v) is 1.54. The minimum atomic E-state index is -0.402. The van der Waals surface area contributed by atoms with Gasteiger partial charge < -0.3 is 5.73 Å². The molecule has 3 heteroatoms. The zero-order chi connectivity index (χ0) is 11.5. The van der Waals surface area contributed by atoms with Crippen LogP contribution in [0.2, 0.25) is 0 Å². The molecule has 1 aromatic carbocycles. The van der Waals surface area contributed by atoms with Crippen molar-refractivity contribution in [2.75, 3.05) is 5.73 Å². The summed E-state index contributed by atoms with van der Waals surface area (Å²) in [4.78, 5) is 3.86. The lowest BCUT2D eigenvalue weighted by Gasteiger charge is -2.09. The van der Waals surface area contributed by atoms with Gasteiger partial charge in [-0.1, -0.05) is 36.9 Å². The van der Waals surface area contributed by atoms with Gasteiger partial charge in [0.05, 0.1) is 5.56 Å². The highest BCUT2D eigenvalue weighted by atomic mass is 19.1. The van der Waals surface area contributed by atoms with Gasteiger partial charge in [0.25, 0.3) is 0 Å². The molecule has 2 rings (SSSR count). The second kappa shape index (κ2) is 4.14. The molecule has 0 saturated heterocycles. The average molecular weight is 214 g/mol. The molecule has 0 radical (unpaired) electrons. The largest absolute Gasteiger partial charge is 0.383 e. The Kier molecular flexibility index (Phi) is 2.68. The second-order valence-corrected chi connectivity index (χ2v) is 3.40. The minimum absolute atomic E-state index is 0.161. The van der Waals surface area contributed by atoms with Crippen molar-refractivity contribution in [3.63, 3.8) is 0 Å². The van der Waals surface area contributed by atoms with Gasteiger partial charge in [0.15, 0.2) is 0 Å². The molecule has 0 aliphatic heterocycles. The molecule has 80 valence electrons. The highest BCUT2D eigenvalue weighted by Crippen LogP contribution is 2.27. The van der Waals surface area contributed by atoms with E-state index < -0.39 is 5.82 Å². The molecule has 2 aromatic rings. The Labute approximate surface area is 93.3 Å². The van der Waals surface area contributed by atoms with Crippen molar-refractivity contribution >= 4 is 11.4 Å². The maximum absolute atomic E-state index is 13.6. The predicted molar refractivity (Wildman–Crippen MR) is 63.2 cm³/mol. The highest BCUT2D eigenvalue weighted by Gasteiger charge is 2.11. The summed E-state index contributed by atoms with van der Waals surface area (Å²) in [6.07, 6.45) is 1.34. The molecule has 0 atom stereocenters. The van der Waals surface area contributed by atoms with Crippen molar-refractivity contribution in [2.45, 2.75) is 0 Å². The van der Waals surface area contributed by atoms with Crippen molar-refractivity contribution in [3.8, 4) is 0 Å². The Morgan fingerprint density at radius 2 is 1.88 bits per heavy atom. The van der Waals surface area contributed by atoms with E-state index in [0.717, 1.165) is 5.56 Å². The molecular formula is C13H11FN2. The number of aromatic nitrogens is 1. The highest BCUT2D eigenvalue weighted by molar-refractivity contribution is 5.82. The van der Waals surface area contributed by atoms with Gasteiger partial charge in [0.1, 0.15) is 11.6 Å². The average Bonchev–Trinajstić information content (AvgIpc) is 2.30. The van der Waals surface area contributed by atoms with E-state index >= 15 is 0 Å². The number of rotatable bonds is 2. The van der Waals surface area contributed by atoms with Crippen LogP contribution in [0, 0.1) is 5.82 Å². The van der Waals surface area contributed by atoms with Crippen LogP contribution >= 0.6 is 0 Å². The third-order valence-electron chi connectivity index (χ3n) is 2.35. The van der Waals surface area contributed by atoms with E-state index in [-0.39, 0.29) is 11.4 Å². The van der Waals surface area contributed by atoms with Crippen LogP contribution in [0.1, 0.15) is 11.1 Å². The van der Waals surface area contributed by atoms with Crippen molar-refractivity contribution in [2.24, 2.45) is 0 Å².